The Labute approximate surface area is 174 Å². The van der Waals surface area contributed by atoms with Gasteiger partial charge in [0.05, 0.1) is 6.42 Å². The summed E-state index contributed by atoms with van der Waals surface area (Å²) in [6.07, 6.45) is -1.10. The molecule has 2 aromatic rings. The molecule has 0 aromatic heterocycles. The SMILES string of the molecule is CCCN(O)C(=O)C(CC(=O)O)NC(=O)OCC1c2ccccc2-c2ccccc21. The monoisotopic (exact) mass is 412 g/mol. The topological polar surface area (TPSA) is 116 Å². The standard InChI is InChI=1S/C22H24N2O6/c1-2-11-24(29)21(27)19(12-20(25)26)23-22(28)30-13-18-16-9-5-3-7-14(16)15-8-4-6-10-17(15)18/h3-10,18-19,29H,2,11-13H2,1H3,(H,23,28)(H,25,26). The lowest BCUT2D eigenvalue weighted by Gasteiger charge is -2.22. The molecule has 0 saturated carbocycles. The van der Waals surface area contributed by atoms with Gasteiger partial charge < -0.3 is 15.2 Å². The first kappa shape index (κ1) is 21.3. The number of hydroxylamine groups is 2. The number of fused-ring (bicyclic) bond motifs is 3. The van der Waals surface area contributed by atoms with E-state index in [-0.39, 0.29) is 19.1 Å². The van der Waals surface area contributed by atoms with E-state index in [0.29, 0.717) is 11.5 Å². The minimum absolute atomic E-state index is 0.0291. The van der Waals surface area contributed by atoms with Crippen molar-refractivity contribution in [3.05, 3.63) is 59.7 Å². The van der Waals surface area contributed by atoms with Crippen molar-refractivity contribution < 1.29 is 29.4 Å². The second kappa shape index (κ2) is 9.41. The van der Waals surface area contributed by atoms with Crippen LogP contribution < -0.4 is 5.32 Å². The van der Waals surface area contributed by atoms with Crippen LogP contribution >= 0.6 is 0 Å². The van der Waals surface area contributed by atoms with Gasteiger partial charge in [0.15, 0.2) is 0 Å². The third kappa shape index (κ3) is 4.60. The molecule has 0 heterocycles. The second-order valence-corrected chi connectivity index (χ2v) is 7.08. The Morgan fingerprint density at radius 1 is 1.07 bits per heavy atom. The van der Waals surface area contributed by atoms with Gasteiger partial charge in [0.25, 0.3) is 5.91 Å². The number of carbonyl (C=O) groups is 3. The van der Waals surface area contributed by atoms with E-state index in [2.05, 4.69) is 5.32 Å². The third-order valence-corrected chi connectivity index (χ3v) is 5.00. The highest BCUT2D eigenvalue weighted by molar-refractivity contribution is 5.88. The average Bonchev–Trinajstić information content (AvgIpc) is 3.05. The van der Waals surface area contributed by atoms with Gasteiger partial charge in [-0.25, -0.2) is 9.86 Å². The van der Waals surface area contributed by atoms with Crippen molar-refractivity contribution in [2.75, 3.05) is 13.2 Å². The third-order valence-electron chi connectivity index (χ3n) is 5.00. The minimum atomic E-state index is -1.42. The molecule has 0 saturated heterocycles. The number of aliphatic carboxylic acids is 1. The number of carboxylic acids is 1. The van der Waals surface area contributed by atoms with Crippen LogP contribution in [0.4, 0.5) is 4.79 Å². The molecule has 0 bridgehead atoms. The molecule has 30 heavy (non-hydrogen) atoms. The van der Waals surface area contributed by atoms with E-state index >= 15 is 0 Å². The molecule has 1 aliphatic rings. The van der Waals surface area contributed by atoms with E-state index in [1.165, 1.54) is 0 Å². The zero-order chi connectivity index (χ0) is 21.7. The van der Waals surface area contributed by atoms with Crippen LogP contribution in [0.1, 0.15) is 36.8 Å². The molecule has 1 atom stereocenters. The maximum atomic E-state index is 12.3. The van der Waals surface area contributed by atoms with Crippen LogP contribution in [0.5, 0.6) is 0 Å². The number of rotatable bonds is 8. The Morgan fingerprint density at radius 2 is 1.63 bits per heavy atom. The predicted octanol–water partition coefficient (Wildman–Crippen LogP) is 3.00. The highest BCUT2D eigenvalue weighted by atomic mass is 16.5. The Hall–Kier alpha value is -3.39. The van der Waals surface area contributed by atoms with Crippen molar-refractivity contribution in [2.45, 2.75) is 31.7 Å². The molecule has 2 aromatic carbocycles. The molecule has 8 heteroatoms. The van der Waals surface area contributed by atoms with Crippen molar-refractivity contribution in [3.63, 3.8) is 0 Å². The molecule has 1 unspecified atom stereocenters. The van der Waals surface area contributed by atoms with Gasteiger partial charge in [0, 0.05) is 12.5 Å². The Kier molecular flexibility index (Phi) is 6.68. The lowest BCUT2D eigenvalue weighted by atomic mass is 9.98. The largest absolute Gasteiger partial charge is 0.481 e. The molecule has 0 radical (unpaired) electrons. The smallest absolute Gasteiger partial charge is 0.407 e. The number of hydrogen-bond donors (Lipinski definition) is 3. The van der Waals surface area contributed by atoms with Crippen molar-refractivity contribution in [1.82, 2.24) is 10.4 Å². The minimum Gasteiger partial charge on any atom is -0.481 e. The fourth-order valence-corrected chi connectivity index (χ4v) is 3.66. The first-order valence-corrected chi connectivity index (χ1v) is 9.76. The summed E-state index contributed by atoms with van der Waals surface area (Å²) in [7, 11) is 0. The lowest BCUT2D eigenvalue weighted by molar-refractivity contribution is -0.169. The molecule has 1 aliphatic carbocycles. The van der Waals surface area contributed by atoms with Gasteiger partial charge in [-0.3, -0.25) is 14.8 Å². The Bertz CT molecular complexity index is 899. The fourth-order valence-electron chi connectivity index (χ4n) is 3.66. The van der Waals surface area contributed by atoms with E-state index in [1.54, 1.807) is 6.92 Å². The highest BCUT2D eigenvalue weighted by Gasteiger charge is 2.31. The maximum absolute atomic E-state index is 12.3. The van der Waals surface area contributed by atoms with Gasteiger partial charge in [-0.2, -0.15) is 0 Å². The number of hydrogen-bond acceptors (Lipinski definition) is 5. The molecule has 158 valence electrons. The summed E-state index contributed by atoms with van der Waals surface area (Å²) in [6.45, 7) is 1.81. The van der Waals surface area contributed by atoms with E-state index < -0.39 is 30.4 Å². The number of nitrogens with one attached hydrogen (secondary N) is 1. The number of nitrogens with zero attached hydrogens (tertiary/aromatic N) is 1. The molecule has 3 rings (SSSR count). The summed E-state index contributed by atoms with van der Waals surface area (Å²) in [5.41, 5.74) is 4.23. The maximum Gasteiger partial charge on any atom is 0.407 e. The van der Waals surface area contributed by atoms with Gasteiger partial charge in [-0.15, -0.1) is 0 Å². The first-order chi connectivity index (χ1) is 14.4. The molecule has 0 aliphatic heterocycles. The lowest BCUT2D eigenvalue weighted by Crippen LogP contribution is -2.49. The highest BCUT2D eigenvalue weighted by Crippen LogP contribution is 2.44. The van der Waals surface area contributed by atoms with Crippen molar-refractivity contribution in [2.24, 2.45) is 0 Å². The van der Waals surface area contributed by atoms with Crippen LogP contribution in [-0.4, -0.2) is 52.5 Å². The molecule has 0 fully saturated rings. The summed E-state index contributed by atoms with van der Waals surface area (Å²) in [4.78, 5) is 35.6. The van der Waals surface area contributed by atoms with Gasteiger partial charge in [0.2, 0.25) is 0 Å². The zero-order valence-corrected chi connectivity index (χ0v) is 16.6. The van der Waals surface area contributed by atoms with Crippen molar-refractivity contribution in [1.29, 1.82) is 0 Å². The summed E-state index contributed by atoms with van der Waals surface area (Å²) < 4.78 is 5.35. The number of ether oxygens (including phenoxy) is 1. The number of benzene rings is 2. The second-order valence-electron chi connectivity index (χ2n) is 7.08. The quantitative estimate of drug-likeness (QED) is 0.453. The first-order valence-electron chi connectivity index (χ1n) is 9.76. The van der Waals surface area contributed by atoms with Crippen LogP contribution in [0.15, 0.2) is 48.5 Å². The number of alkyl carbamates (subject to hydrolysis) is 1. The summed E-state index contributed by atoms with van der Waals surface area (Å²) >= 11 is 0. The normalized spacial score (nSPS) is 13.1. The van der Waals surface area contributed by atoms with Gasteiger partial charge in [-0.1, -0.05) is 55.5 Å². The van der Waals surface area contributed by atoms with E-state index in [0.717, 1.165) is 22.3 Å². The van der Waals surface area contributed by atoms with Crippen LogP contribution in [0.3, 0.4) is 0 Å². The summed E-state index contributed by atoms with van der Waals surface area (Å²) in [5, 5.41) is 21.4. The van der Waals surface area contributed by atoms with E-state index in [9.17, 15) is 19.6 Å². The van der Waals surface area contributed by atoms with Crippen molar-refractivity contribution >= 4 is 18.0 Å². The van der Waals surface area contributed by atoms with Crippen LogP contribution in [0.2, 0.25) is 0 Å². The van der Waals surface area contributed by atoms with Crippen LogP contribution in [0, 0.1) is 0 Å². The molecular formula is C22H24N2O6. The zero-order valence-electron chi connectivity index (χ0n) is 16.6. The van der Waals surface area contributed by atoms with Crippen LogP contribution in [-0.2, 0) is 14.3 Å². The Morgan fingerprint density at radius 3 is 2.17 bits per heavy atom. The molecule has 3 N–H and O–H groups in total. The predicted molar refractivity (Wildman–Crippen MR) is 108 cm³/mol. The van der Waals surface area contributed by atoms with Gasteiger partial charge in [-0.05, 0) is 28.7 Å². The number of carbonyl (C=O) groups excluding carboxylic acids is 2. The van der Waals surface area contributed by atoms with Gasteiger partial charge in [0.1, 0.15) is 12.6 Å². The molecule has 2 amide bonds. The summed E-state index contributed by atoms with van der Waals surface area (Å²) in [6, 6.07) is 14.3. The molecule has 8 nitrogen and oxygen atoms in total. The molecular weight excluding hydrogens is 388 g/mol. The summed E-state index contributed by atoms with van der Waals surface area (Å²) in [5.74, 6) is -2.34. The Balaban J connectivity index is 1.68. The van der Waals surface area contributed by atoms with Gasteiger partial charge >= 0.3 is 12.1 Å². The van der Waals surface area contributed by atoms with Crippen LogP contribution in [0.25, 0.3) is 11.1 Å². The van der Waals surface area contributed by atoms with Crippen molar-refractivity contribution in [3.8, 4) is 11.1 Å². The number of amides is 2. The van der Waals surface area contributed by atoms with E-state index in [1.807, 2.05) is 48.5 Å². The molecule has 0 spiro atoms. The average molecular weight is 412 g/mol. The number of carboxylic acid groups (broad SMARTS) is 1. The fraction of sp³-hybridized carbons (Fsp3) is 0.318. The van der Waals surface area contributed by atoms with E-state index in [4.69, 9.17) is 9.84 Å².